The van der Waals surface area contributed by atoms with Crippen LogP contribution in [0.4, 0.5) is 5.69 Å². The fraction of sp³-hybridized carbons (Fsp3) is 0.0833. The van der Waals surface area contributed by atoms with Crippen LogP contribution in [0.25, 0.3) is 0 Å². The standard InChI is InChI=1S/C12H9Cl2NO2S/c13-10-5-8(11(14)18-10)12(17)15-9-4-2-1-3-7(9)6-16/h1-5,16H,6H2,(H,15,17). The molecule has 2 rings (SSSR count). The Bertz CT molecular complexity index is 583. The van der Waals surface area contributed by atoms with Gasteiger partial charge in [-0.2, -0.15) is 0 Å². The van der Waals surface area contributed by atoms with Gasteiger partial charge in [-0.05, 0) is 12.1 Å². The minimum Gasteiger partial charge on any atom is -0.392 e. The summed E-state index contributed by atoms with van der Waals surface area (Å²) in [6, 6.07) is 8.53. The Balaban J connectivity index is 2.24. The van der Waals surface area contributed by atoms with Gasteiger partial charge < -0.3 is 10.4 Å². The van der Waals surface area contributed by atoms with E-state index in [4.69, 9.17) is 28.3 Å². The summed E-state index contributed by atoms with van der Waals surface area (Å²) in [5.74, 6) is -0.343. The molecule has 0 aliphatic carbocycles. The van der Waals surface area contributed by atoms with Crippen LogP contribution in [-0.4, -0.2) is 11.0 Å². The van der Waals surface area contributed by atoms with Crippen LogP contribution in [0.2, 0.25) is 8.67 Å². The summed E-state index contributed by atoms with van der Waals surface area (Å²) >= 11 is 12.8. The second-order valence-electron chi connectivity index (χ2n) is 3.51. The van der Waals surface area contributed by atoms with E-state index in [1.54, 1.807) is 24.3 Å². The lowest BCUT2D eigenvalue weighted by molar-refractivity contribution is 0.102. The number of nitrogens with one attached hydrogen (secondary N) is 1. The van der Waals surface area contributed by atoms with Crippen molar-refractivity contribution in [2.45, 2.75) is 6.61 Å². The monoisotopic (exact) mass is 301 g/mol. The lowest BCUT2D eigenvalue weighted by Gasteiger charge is -2.08. The van der Waals surface area contributed by atoms with Crippen LogP contribution in [-0.2, 0) is 6.61 Å². The number of carbonyl (C=O) groups excluding carboxylic acids is 1. The predicted molar refractivity (Wildman–Crippen MR) is 74.7 cm³/mol. The number of rotatable bonds is 3. The van der Waals surface area contributed by atoms with Crippen LogP contribution in [0.3, 0.4) is 0 Å². The highest BCUT2D eigenvalue weighted by atomic mass is 35.5. The molecule has 0 aliphatic rings. The number of anilines is 1. The zero-order chi connectivity index (χ0) is 13.1. The molecule has 2 aromatic rings. The van der Waals surface area contributed by atoms with E-state index < -0.39 is 0 Å². The molecule has 0 fully saturated rings. The van der Waals surface area contributed by atoms with Crippen molar-refractivity contribution in [1.82, 2.24) is 0 Å². The summed E-state index contributed by atoms with van der Waals surface area (Å²) in [5, 5.41) is 11.9. The summed E-state index contributed by atoms with van der Waals surface area (Å²) in [4.78, 5) is 12.0. The lowest BCUT2D eigenvalue weighted by Crippen LogP contribution is -2.12. The Morgan fingerprint density at radius 3 is 2.67 bits per heavy atom. The molecule has 1 amide bonds. The first-order valence-corrected chi connectivity index (χ1v) is 6.64. The maximum atomic E-state index is 12.0. The van der Waals surface area contributed by atoms with Crippen molar-refractivity contribution in [3.63, 3.8) is 0 Å². The zero-order valence-corrected chi connectivity index (χ0v) is 11.4. The third kappa shape index (κ3) is 2.84. The maximum absolute atomic E-state index is 12.0. The van der Waals surface area contributed by atoms with Gasteiger partial charge >= 0.3 is 0 Å². The van der Waals surface area contributed by atoms with E-state index in [9.17, 15) is 4.79 Å². The van der Waals surface area contributed by atoms with Crippen LogP contribution < -0.4 is 5.32 Å². The second kappa shape index (κ2) is 5.71. The number of aliphatic hydroxyl groups is 1. The molecule has 0 saturated carbocycles. The summed E-state index contributed by atoms with van der Waals surface area (Å²) in [6.07, 6.45) is 0. The van der Waals surface area contributed by atoms with Crippen LogP contribution in [0.5, 0.6) is 0 Å². The number of hydrogen-bond acceptors (Lipinski definition) is 3. The molecule has 0 radical (unpaired) electrons. The molecular weight excluding hydrogens is 293 g/mol. The van der Waals surface area contributed by atoms with E-state index in [1.807, 2.05) is 0 Å². The predicted octanol–water partition coefficient (Wildman–Crippen LogP) is 3.80. The van der Waals surface area contributed by atoms with Gasteiger partial charge in [0.25, 0.3) is 5.91 Å². The van der Waals surface area contributed by atoms with Crippen molar-refractivity contribution >= 4 is 46.1 Å². The van der Waals surface area contributed by atoms with Crippen LogP contribution in [0.15, 0.2) is 30.3 Å². The van der Waals surface area contributed by atoms with Crippen LogP contribution in [0, 0.1) is 0 Å². The van der Waals surface area contributed by atoms with Crippen molar-refractivity contribution < 1.29 is 9.90 Å². The Labute approximate surface area is 118 Å². The van der Waals surface area contributed by atoms with Crippen LogP contribution >= 0.6 is 34.5 Å². The van der Waals surface area contributed by atoms with Gasteiger partial charge in [-0.1, -0.05) is 41.4 Å². The summed E-state index contributed by atoms with van der Waals surface area (Å²) < 4.78 is 0.805. The molecule has 0 atom stereocenters. The molecule has 6 heteroatoms. The molecule has 0 unspecified atom stereocenters. The third-order valence-electron chi connectivity index (χ3n) is 2.34. The molecule has 3 nitrogen and oxygen atoms in total. The molecule has 0 spiro atoms. The average Bonchev–Trinajstić information content (AvgIpc) is 2.69. The molecule has 1 aromatic carbocycles. The first kappa shape index (κ1) is 13.4. The number of amides is 1. The fourth-order valence-corrected chi connectivity index (χ4v) is 2.92. The average molecular weight is 302 g/mol. The molecule has 2 N–H and O–H groups in total. The smallest absolute Gasteiger partial charge is 0.258 e. The quantitative estimate of drug-likeness (QED) is 0.906. The van der Waals surface area contributed by atoms with Crippen molar-refractivity contribution in [3.8, 4) is 0 Å². The van der Waals surface area contributed by atoms with E-state index in [2.05, 4.69) is 5.32 Å². The van der Waals surface area contributed by atoms with E-state index in [1.165, 1.54) is 6.07 Å². The minimum atomic E-state index is -0.343. The molecule has 0 saturated heterocycles. The Morgan fingerprint density at radius 1 is 1.33 bits per heavy atom. The van der Waals surface area contributed by atoms with Gasteiger partial charge in [0.15, 0.2) is 0 Å². The van der Waals surface area contributed by atoms with E-state index >= 15 is 0 Å². The van der Waals surface area contributed by atoms with E-state index in [0.29, 0.717) is 25.5 Å². The topological polar surface area (TPSA) is 49.3 Å². The van der Waals surface area contributed by atoms with Crippen molar-refractivity contribution in [2.24, 2.45) is 0 Å². The normalized spacial score (nSPS) is 10.4. The fourth-order valence-electron chi connectivity index (χ4n) is 1.46. The molecule has 18 heavy (non-hydrogen) atoms. The third-order valence-corrected chi connectivity index (χ3v) is 3.82. The highest BCUT2D eigenvalue weighted by Gasteiger charge is 2.15. The first-order chi connectivity index (χ1) is 8.61. The summed E-state index contributed by atoms with van der Waals surface area (Å²) in [7, 11) is 0. The summed E-state index contributed by atoms with van der Waals surface area (Å²) in [5.41, 5.74) is 1.53. The van der Waals surface area contributed by atoms with Crippen LogP contribution in [0.1, 0.15) is 15.9 Å². The Hall–Kier alpha value is -1.07. The number of benzene rings is 1. The highest BCUT2D eigenvalue weighted by molar-refractivity contribution is 7.20. The minimum absolute atomic E-state index is 0.144. The molecule has 0 bridgehead atoms. The number of carbonyl (C=O) groups is 1. The molecule has 1 aromatic heterocycles. The first-order valence-electron chi connectivity index (χ1n) is 5.06. The van der Waals surface area contributed by atoms with Gasteiger partial charge in [-0.3, -0.25) is 4.79 Å². The Morgan fingerprint density at radius 2 is 2.06 bits per heavy atom. The number of thiophene rings is 1. The van der Waals surface area contributed by atoms with Gasteiger partial charge in [0.2, 0.25) is 0 Å². The molecule has 0 aliphatic heterocycles. The number of para-hydroxylation sites is 1. The van der Waals surface area contributed by atoms with Crippen molar-refractivity contribution in [1.29, 1.82) is 0 Å². The van der Waals surface area contributed by atoms with Gasteiger partial charge in [0, 0.05) is 11.3 Å². The van der Waals surface area contributed by atoms with E-state index in [-0.39, 0.29) is 12.5 Å². The van der Waals surface area contributed by atoms with Crippen molar-refractivity contribution in [3.05, 3.63) is 50.1 Å². The highest BCUT2D eigenvalue weighted by Crippen LogP contribution is 2.31. The molecule has 94 valence electrons. The van der Waals surface area contributed by atoms with Gasteiger partial charge in [-0.25, -0.2) is 0 Å². The van der Waals surface area contributed by atoms with Crippen molar-refractivity contribution in [2.75, 3.05) is 5.32 Å². The maximum Gasteiger partial charge on any atom is 0.258 e. The Kier molecular flexibility index (Phi) is 4.24. The number of halogens is 2. The van der Waals surface area contributed by atoms with Gasteiger partial charge in [0.1, 0.15) is 4.34 Å². The van der Waals surface area contributed by atoms with Gasteiger partial charge in [0.05, 0.1) is 16.5 Å². The van der Waals surface area contributed by atoms with Gasteiger partial charge in [-0.15, -0.1) is 11.3 Å². The molecule has 1 heterocycles. The lowest BCUT2D eigenvalue weighted by atomic mass is 10.2. The largest absolute Gasteiger partial charge is 0.392 e. The number of aliphatic hydroxyl groups excluding tert-OH is 1. The summed E-state index contributed by atoms with van der Waals surface area (Å²) in [6.45, 7) is -0.144. The zero-order valence-electron chi connectivity index (χ0n) is 9.11. The molecular formula is C12H9Cl2NO2S. The van der Waals surface area contributed by atoms with E-state index in [0.717, 1.165) is 11.3 Å². The SMILES string of the molecule is O=C(Nc1ccccc1CO)c1cc(Cl)sc1Cl. The number of hydrogen-bond donors (Lipinski definition) is 2. The second-order valence-corrected chi connectivity index (χ2v) is 5.79.